The zero-order valence-electron chi connectivity index (χ0n) is 16.7. The molecular formula is C23H23Cl2N3O. The molecule has 0 aliphatic heterocycles. The number of nitrogens with zero attached hydrogens (tertiary/aromatic N) is 3. The van der Waals surface area contributed by atoms with Crippen LogP contribution in [0.5, 0.6) is 0 Å². The zero-order valence-corrected chi connectivity index (χ0v) is 18.2. The van der Waals surface area contributed by atoms with Gasteiger partial charge in [0.2, 0.25) is 5.91 Å². The van der Waals surface area contributed by atoms with Crippen molar-refractivity contribution in [2.45, 2.75) is 39.7 Å². The summed E-state index contributed by atoms with van der Waals surface area (Å²) in [6.45, 7) is 5.70. The molecule has 0 fully saturated rings. The maximum atomic E-state index is 12.4. The van der Waals surface area contributed by atoms with E-state index in [2.05, 4.69) is 13.8 Å². The van der Waals surface area contributed by atoms with Crippen molar-refractivity contribution < 1.29 is 4.79 Å². The van der Waals surface area contributed by atoms with Gasteiger partial charge in [-0.25, -0.2) is 4.98 Å². The average Bonchev–Trinajstić information content (AvgIpc) is 2.72. The number of benzene rings is 2. The van der Waals surface area contributed by atoms with Crippen LogP contribution in [0.15, 0.2) is 54.7 Å². The Bertz CT molecular complexity index is 984. The van der Waals surface area contributed by atoms with Crippen LogP contribution in [0.4, 0.5) is 5.82 Å². The second-order valence-corrected chi connectivity index (χ2v) is 7.67. The Hall–Kier alpha value is -2.43. The summed E-state index contributed by atoms with van der Waals surface area (Å²) < 4.78 is 0. The molecule has 3 rings (SSSR count). The average molecular weight is 428 g/mol. The van der Waals surface area contributed by atoms with E-state index in [1.807, 2.05) is 48.5 Å². The number of hydrogen-bond acceptors (Lipinski definition) is 3. The van der Waals surface area contributed by atoms with E-state index in [4.69, 9.17) is 33.2 Å². The summed E-state index contributed by atoms with van der Waals surface area (Å²) in [5.74, 6) is 0.503. The Balaban J connectivity index is 2.19. The summed E-state index contributed by atoms with van der Waals surface area (Å²) in [5.41, 5.74) is 3.19. The summed E-state index contributed by atoms with van der Waals surface area (Å²) in [4.78, 5) is 23.7. The molecule has 4 nitrogen and oxygen atoms in total. The molecule has 0 aliphatic rings. The molecule has 0 unspecified atom stereocenters. The van der Waals surface area contributed by atoms with Gasteiger partial charge in [0.1, 0.15) is 0 Å². The van der Waals surface area contributed by atoms with Crippen LogP contribution in [-0.2, 0) is 4.79 Å². The number of anilines is 1. The number of carbonyl (C=O) groups is 1. The number of rotatable bonds is 6. The smallest absolute Gasteiger partial charge is 0.225 e. The van der Waals surface area contributed by atoms with Crippen LogP contribution in [0.1, 0.15) is 33.6 Å². The second-order valence-electron chi connectivity index (χ2n) is 6.80. The van der Waals surface area contributed by atoms with Gasteiger partial charge in [-0.15, -0.1) is 0 Å². The van der Waals surface area contributed by atoms with Crippen molar-refractivity contribution in [3.05, 3.63) is 64.8 Å². The predicted octanol–water partition coefficient (Wildman–Crippen LogP) is 6.66. The minimum absolute atomic E-state index is 0.0469. The minimum Gasteiger partial charge on any atom is -0.293 e. The molecule has 29 heavy (non-hydrogen) atoms. The van der Waals surface area contributed by atoms with Crippen molar-refractivity contribution in [2.75, 3.05) is 4.90 Å². The van der Waals surface area contributed by atoms with Crippen LogP contribution in [0.25, 0.3) is 22.5 Å². The highest BCUT2D eigenvalue weighted by Gasteiger charge is 2.23. The topological polar surface area (TPSA) is 46.1 Å². The highest BCUT2D eigenvalue weighted by atomic mass is 35.5. The molecule has 0 saturated carbocycles. The van der Waals surface area contributed by atoms with Crippen molar-refractivity contribution in [1.29, 1.82) is 0 Å². The van der Waals surface area contributed by atoms with Gasteiger partial charge >= 0.3 is 0 Å². The van der Waals surface area contributed by atoms with E-state index < -0.39 is 0 Å². The SMILES string of the molecule is CCC(CC)N(C(C)=O)c1cnc(-c2ccc(Cl)cc2)c(-c2ccc(Cl)cc2)n1. The van der Waals surface area contributed by atoms with Gasteiger partial charge in [0.25, 0.3) is 0 Å². The Morgan fingerprint density at radius 1 is 0.897 bits per heavy atom. The Labute approximate surface area is 181 Å². The molecule has 0 bridgehead atoms. The van der Waals surface area contributed by atoms with Gasteiger partial charge in [0.05, 0.1) is 17.6 Å². The fourth-order valence-corrected chi connectivity index (χ4v) is 3.64. The number of hydrogen-bond donors (Lipinski definition) is 0. The maximum Gasteiger partial charge on any atom is 0.225 e. The monoisotopic (exact) mass is 427 g/mol. The fourth-order valence-electron chi connectivity index (χ4n) is 3.38. The summed E-state index contributed by atoms with van der Waals surface area (Å²) in [7, 11) is 0. The molecule has 6 heteroatoms. The normalized spacial score (nSPS) is 11.0. The standard InChI is InChI=1S/C23H23Cl2N3O/c1-4-20(5-2)28(15(3)29)21-14-26-22(16-6-10-18(24)11-7-16)23(27-21)17-8-12-19(25)13-9-17/h6-14,20H,4-5H2,1-3H3. The third-order valence-electron chi connectivity index (χ3n) is 4.89. The summed E-state index contributed by atoms with van der Waals surface area (Å²) in [5, 5.41) is 1.30. The molecule has 2 aromatic carbocycles. The lowest BCUT2D eigenvalue weighted by Crippen LogP contribution is -2.39. The number of halogens is 2. The highest BCUT2D eigenvalue weighted by Crippen LogP contribution is 2.32. The number of amides is 1. The second kappa shape index (κ2) is 9.38. The molecule has 0 saturated heterocycles. The summed E-state index contributed by atoms with van der Waals surface area (Å²) in [6, 6.07) is 15.0. The van der Waals surface area contributed by atoms with E-state index >= 15 is 0 Å². The largest absolute Gasteiger partial charge is 0.293 e. The number of carbonyl (C=O) groups excluding carboxylic acids is 1. The lowest BCUT2D eigenvalue weighted by Gasteiger charge is -2.29. The summed E-state index contributed by atoms with van der Waals surface area (Å²) >= 11 is 12.1. The lowest BCUT2D eigenvalue weighted by molar-refractivity contribution is -0.117. The molecule has 150 valence electrons. The minimum atomic E-state index is -0.0469. The molecule has 3 aromatic rings. The molecule has 0 aliphatic carbocycles. The molecule has 0 atom stereocenters. The van der Waals surface area contributed by atoms with Crippen molar-refractivity contribution in [3.8, 4) is 22.5 Å². The third kappa shape index (κ3) is 4.77. The highest BCUT2D eigenvalue weighted by molar-refractivity contribution is 6.31. The maximum absolute atomic E-state index is 12.4. The van der Waals surface area contributed by atoms with Crippen molar-refractivity contribution >= 4 is 34.9 Å². The van der Waals surface area contributed by atoms with E-state index in [0.29, 0.717) is 21.6 Å². The Morgan fingerprint density at radius 2 is 1.38 bits per heavy atom. The first kappa shape index (κ1) is 21.3. The van der Waals surface area contributed by atoms with Gasteiger partial charge in [-0.05, 0) is 37.1 Å². The molecule has 1 amide bonds. The first-order valence-electron chi connectivity index (χ1n) is 9.63. The van der Waals surface area contributed by atoms with E-state index in [1.165, 1.54) is 0 Å². The van der Waals surface area contributed by atoms with E-state index in [-0.39, 0.29) is 11.9 Å². The molecule has 0 spiro atoms. The first-order valence-corrected chi connectivity index (χ1v) is 10.4. The predicted molar refractivity (Wildman–Crippen MR) is 120 cm³/mol. The van der Waals surface area contributed by atoms with Crippen LogP contribution < -0.4 is 4.90 Å². The molecule has 0 radical (unpaired) electrons. The van der Waals surface area contributed by atoms with Crippen LogP contribution in [-0.4, -0.2) is 21.9 Å². The first-order chi connectivity index (χ1) is 13.9. The van der Waals surface area contributed by atoms with Crippen LogP contribution in [0, 0.1) is 0 Å². The quantitative estimate of drug-likeness (QED) is 0.441. The van der Waals surface area contributed by atoms with Crippen LogP contribution in [0.2, 0.25) is 10.0 Å². The molecule has 1 heterocycles. The van der Waals surface area contributed by atoms with E-state index in [0.717, 1.165) is 29.7 Å². The van der Waals surface area contributed by atoms with Crippen molar-refractivity contribution in [3.63, 3.8) is 0 Å². The van der Waals surface area contributed by atoms with Gasteiger partial charge in [-0.1, -0.05) is 61.3 Å². The van der Waals surface area contributed by atoms with E-state index in [9.17, 15) is 4.79 Å². The Kier molecular flexibility index (Phi) is 6.88. The number of aromatic nitrogens is 2. The van der Waals surface area contributed by atoms with Gasteiger partial charge < -0.3 is 0 Å². The van der Waals surface area contributed by atoms with Crippen molar-refractivity contribution in [2.24, 2.45) is 0 Å². The third-order valence-corrected chi connectivity index (χ3v) is 5.39. The molecule has 0 N–H and O–H groups in total. The summed E-state index contributed by atoms with van der Waals surface area (Å²) in [6.07, 6.45) is 3.35. The fraction of sp³-hybridized carbons (Fsp3) is 0.261. The van der Waals surface area contributed by atoms with Crippen LogP contribution in [0.3, 0.4) is 0 Å². The van der Waals surface area contributed by atoms with Gasteiger partial charge in [0, 0.05) is 34.1 Å². The van der Waals surface area contributed by atoms with Crippen LogP contribution >= 0.6 is 23.2 Å². The van der Waals surface area contributed by atoms with Gasteiger partial charge in [0.15, 0.2) is 5.82 Å². The van der Waals surface area contributed by atoms with Gasteiger partial charge in [-0.2, -0.15) is 0 Å². The molecule has 1 aromatic heterocycles. The van der Waals surface area contributed by atoms with Crippen molar-refractivity contribution in [1.82, 2.24) is 9.97 Å². The Morgan fingerprint density at radius 3 is 1.83 bits per heavy atom. The molecular weight excluding hydrogens is 405 g/mol. The van der Waals surface area contributed by atoms with E-state index in [1.54, 1.807) is 18.0 Å². The van der Waals surface area contributed by atoms with Gasteiger partial charge in [-0.3, -0.25) is 14.7 Å². The lowest BCUT2D eigenvalue weighted by atomic mass is 10.0. The zero-order chi connectivity index (χ0) is 21.0.